The number of piperidine rings is 1. The van der Waals surface area contributed by atoms with Gasteiger partial charge in [-0.1, -0.05) is 0 Å². The Balaban J connectivity index is 0.000000318. The molecule has 1 atom stereocenters. The topological polar surface area (TPSA) is 72.1 Å². The normalized spacial score (nSPS) is 24.3. The lowest BCUT2D eigenvalue weighted by Crippen LogP contribution is -2.49. The zero-order valence-electron chi connectivity index (χ0n) is 17.0. The molecule has 0 radical (unpaired) electrons. The maximum atomic E-state index is 10.6. The fourth-order valence-electron chi connectivity index (χ4n) is 4.21. The summed E-state index contributed by atoms with van der Waals surface area (Å²) in [6.07, 6.45) is 3.18. The molecule has 30 heavy (non-hydrogen) atoms. The van der Waals surface area contributed by atoms with Crippen LogP contribution in [0.5, 0.6) is 0 Å². The summed E-state index contributed by atoms with van der Waals surface area (Å²) in [5.41, 5.74) is 0.446. The summed E-state index contributed by atoms with van der Waals surface area (Å²) in [6.45, 7) is 6.97. The van der Waals surface area contributed by atoms with E-state index in [-0.39, 0.29) is 0 Å². The van der Waals surface area contributed by atoms with Crippen molar-refractivity contribution >= 4 is 5.97 Å². The van der Waals surface area contributed by atoms with Crippen molar-refractivity contribution < 1.29 is 37.0 Å². The second-order valence-corrected chi connectivity index (χ2v) is 8.52. The first kappa shape index (κ1) is 23.1. The lowest BCUT2D eigenvalue weighted by Gasteiger charge is -2.49. The fourth-order valence-corrected chi connectivity index (χ4v) is 4.21. The molecular formula is C21H30F3NO5. The summed E-state index contributed by atoms with van der Waals surface area (Å²) < 4.78 is 49.0. The maximum Gasteiger partial charge on any atom is 0.490 e. The molecule has 1 N–H and O–H groups in total. The van der Waals surface area contributed by atoms with Crippen molar-refractivity contribution in [1.29, 1.82) is 0 Å². The Morgan fingerprint density at radius 1 is 1.23 bits per heavy atom. The summed E-state index contributed by atoms with van der Waals surface area (Å²) in [7, 11) is 0. The SMILES string of the molecule is O=C(O)C(F)(F)F.c1coc(CN2CCC3(CCOCC3COCC3CC3)CC2)c1. The first-order chi connectivity index (χ1) is 14.3. The number of nitrogens with zero attached hydrogens (tertiary/aromatic N) is 1. The van der Waals surface area contributed by atoms with Gasteiger partial charge in [-0.3, -0.25) is 4.90 Å². The number of halogens is 3. The number of ether oxygens (including phenoxy) is 2. The molecule has 3 aliphatic rings. The highest BCUT2D eigenvalue weighted by atomic mass is 19.4. The third-order valence-corrected chi connectivity index (χ3v) is 6.35. The third-order valence-electron chi connectivity index (χ3n) is 6.35. The Labute approximate surface area is 174 Å². The van der Waals surface area contributed by atoms with Crippen LogP contribution in [0.2, 0.25) is 0 Å². The van der Waals surface area contributed by atoms with Crippen LogP contribution in [-0.2, 0) is 20.8 Å². The van der Waals surface area contributed by atoms with Gasteiger partial charge in [0.2, 0.25) is 0 Å². The molecule has 1 saturated carbocycles. The smallest absolute Gasteiger partial charge is 0.475 e. The molecule has 3 fully saturated rings. The molecule has 2 saturated heterocycles. The van der Waals surface area contributed by atoms with Gasteiger partial charge in [-0.25, -0.2) is 4.79 Å². The van der Waals surface area contributed by atoms with E-state index in [1.807, 2.05) is 6.07 Å². The van der Waals surface area contributed by atoms with Gasteiger partial charge >= 0.3 is 12.1 Å². The average Bonchev–Trinajstić information content (AvgIpc) is 3.39. The maximum absolute atomic E-state index is 10.6. The Hall–Kier alpha value is -1.58. The van der Waals surface area contributed by atoms with Crippen molar-refractivity contribution in [3.05, 3.63) is 24.2 Å². The zero-order valence-corrected chi connectivity index (χ0v) is 17.0. The molecule has 0 bridgehead atoms. The summed E-state index contributed by atoms with van der Waals surface area (Å²) in [6, 6.07) is 4.06. The average molecular weight is 433 g/mol. The highest BCUT2D eigenvalue weighted by molar-refractivity contribution is 5.73. The molecule has 9 heteroatoms. The quantitative estimate of drug-likeness (QED) is 0.732. The molecule has 6 nitrogen and oxygen atoms in total. The van der Waals surface area contributed by atoms with E-state index in [1.165, 1.54) is 45.2 Å². The van der Waals surface area contributed by atoms with E-state index < -0.39 is 12.1 Å². The summed E-state index contributed by atoms with van der Waals surface area (Å²) in [5, 5.41) is 7.12. The number of furan rings is 1. The van der Waals surface area contributed by atoms with Crippen LogP contribution in [0.3, 0.4) is 0 Å². The monoisotopic (exact) mass is 433 g/mol. The Morgan fingerprint density at radius 2 is 1.93 bits per heavy atom. The number of carboxylic acid groups (broad SMARTS) is 1. The minimum absolute atomic E-state index is 0.446. The Kier molecular flexibility index (Phi) is 7.81. The van der Waals surface area contributed by atoms with E-state index in [9.17, 15) is 13.2 Å². The number of alkyl halides is 3. The zero-order chi connectivity index (χ0) is 21.6. The second-order valence-electron chi connectivity index (χ2n) is 8.52. The number of carboxylic acids is 1. The van der Waals surface area contributed by atoms with Gasteiger partial charge < -0.3 is 19.0 Å². The molecule has 2 aliphatic heterocycles. The number of carbonyl (C=O) groups is 1. The molecule has 0 aromatic carbocycles. The number of likely N-dealkylation sites (tertiary alicyclic amines) is 1. The van der Waals surface area contributed by atoms with Crippen molar-refractivity contribution in [1.82, 2.24) is 4.90 Å². The van der Waals surface area contributed by atoms with Gasteiger partial charge in [-0.05, 0) is 68.7 Å². The van der Waals surface area contributed by atoms with E-state index in [0.29, 0.717) is 11.3 Å². The van der Waals surface area contributed by atoms with E-state index >= 15 is 0 Å². The van der Waals surface area contributed by atoms with Crippen LogP contribution in [0.4, 0.5) is 13.2 Å². The van der Waals surface area contributed by atoms with Gasteiger partial charge in [0, 0.05) is 19.1 Å². The molecule has 1 spiro atoms. The van der Waals surface area contributed by atoms with Gasteiger partial charge in [0.1, 0.15) is 5.76 Å². The van der Waals surface area contributed by atoms with Crippen LogP contribution < -0.4 is 0 Å². The van der Waals surface area contributed by atoms with Gasteiger partial charge in [0.05, 0.1) is 26.0 Å². The largest absolute Gasteiger partial charge is 0.490 e. The lowest BCUT2D eigenvalue weighted by molar-refractivity contribution is -0.192. The van der Waals surface area contributed by atoms with Gasteiger partial charge in [0.25, 0.3) is 0 Å². The minimum Gasteiger partial charge on any atom is -0.475 e. The number of aliphatic carboxylic acids is 1. The van der Waals surface area contributed by atoms with Crippen molar-refractivity contribution in [2.45, 2.75) is 44.8 Å². The summed E-state index contributed by atoms with van der Waals surface area (Å²) in [5.74, 6) is -0.240. The van der Waals surface area contributed by atoms with Crippen LogP contribution in [0.15, 0.2) is 22.8 Å². The standard InChI is InChI=1S/C19H29NO3.C2HF3O2/c1-2-18(23-10-1)12-20-8-5-19(6-9-20)7-11-21-14-17(19)15-22-13-16-3-4-16;3-2(4,5)1(6)7/h1-2,10,16-17H,3-9,11-15H2;(H,6,7). The Bertz CT molecular complexity index is 652. The predicted octanol–water partition coefficient (Wildman–Crippen LogP) is 3.96. The van der Waals surface area contributed by atoms with Crippen molar-refractivity contribution in [2.75, 3.05) is 39.5 Å². The summed E-state index contributed by atoms with van der Waals surface area (Å²) in [4.78, 5) is 11.4. The van der Waals surface area contributed by atoms with Crippen molar-refractivity contribution in [3.8, 4) is 0 Å². The number of hydrogen-bond acceptors (Lipinski definition) is 5. The van der Waals surface area contributed by atoms with Crippen LogP contribution in [0.25, 0.3) is 0 Å². The van der Waals surface area contributed by atoms with Crippen molar-refractivity contribution in [3.63, 3.8) is 0 Å². The molecule has 0 amide bonds. The first-order valence-corrected chi connectivity index (χ1v) is 10.5. The van der Waals surface area contributed by atoms with Crippen molar-refractivity contribution in [2.24, 2.45) is 17.3 Å². The van der Waals surface area contributed by atoms with E-state index in [2.05, 4.69) is 11.0 Å². The van der Waals surface area contributed by atoms with Gasteiger partial charge in [0.15, 0.2) is 0 Å². The Morgan fingerprint density at radius 3 is 2.50 bits per heavy atom. The number of hydrogen-bond donors (Lipinski definition) is 1. The molecule has 1 aromatic rings. The van der Waals surface area contributed by atoms with Crippen LogP contribution in [0.1, 0.15) is 37.9 Å². The summed E-state index contributed by atoms with van der Waals surface area (Å²) >= 11 is 0. The third kappa shape index (κ3) is 6.72. The lowest BCUT2D eigenvalue weighted by atomic mass is 9.66. The predicted molar refractivity (Wildman–Crippen MR) is 102 cm³/mol. The first-order valence-electron chi connectivity index (χ1n) is 10.5. The molecular weight excluding hydrogens is 403 g/mol. The van der Waals surface area contributed by atoms with Gasteiger partial charge in [-0.15, -0.1) is 0 Å². The van der Waals surface area contributed by atoms with Crippen LogP contribution >= 0.6 is 0 Å². The van der Waals surface area contributed by atoms with Crippen LogP contribution in [0, 0.1) is 17.3 Å². The highest BCUT2D eigenvalue weighted by Crippen LogP contribution is 2.45. The molecule has 1 aromatic heterocycles. The number of rotatable bonds is 6. The highest BCUT2D eigenvalue weighted by Gasteiger charge is 2.43. The molecule has 1 aliphatic carbocycles. The molecule has 1 unspecified atom stereocenters. The second kappa shape index (κ2) is 10.2. The van der Waals surface area contributed by atoms with Gasteiger partial charge in [-0.2, -0.15) is 13.2 Å². The van der Waals surface area contributed by atoms with Crippen LogP contribution in [-0.4, -0.2) is 61.7 Å². The molecule has 4 rings (SSSR count). The molecule has 170 valence electrons. The van der Waals surface area contributed by atoms with E-state index in [0.717, 1.165) is 44.7 Å². The molecule has 3 heterocycles. The van der Waals surface area contributed by atoms with E-state index in [4.69, 9.17) is 23.8 Å². The van der Waals surface area contributed by atoms with E-state index in [1.54, 1.807) is 6.26 Å². The minimum atomic E-state index is -5.08. The fraction of sp³-hybridized carbons (Fsp3) is 0.762.